The van der Waals surface area contributed by atoms with Gasteiger partial charge in [0.2, 0.25) is 5.78 Å². The van der Waals surface area contributed by atoms with E-state index in [0.717, 1.165) is 16.7 Å². The van der Waals surface area contributed by atoms with E-state index in [4.69, 9.17) is 5.73 Å². The molecule has 1 heterocycles. The second-order valence-corrected chi connectivity index (χ2v) is 7.94. The number of amides is 2. The van der Waals surface area contributed by atoms with E-state index in [0.29, 0.717) is 11.4 Å². The number of hydrogen-bond acceptors (Lipinski definition) is 4. The molecule has 4 aromatic rings. The topological polar surface area (TPSA) is 107 Å². The molecule has 3 N–H and O–H groups in total. The minimum absolute atomic E-state index is 0.144. The van der Waals surface area contributed by atoms with Gasteiger partial charge in [-0.05, 0) is 41.8 Å². The lowest BCUT2D eigenvalue weighted by Crippen LogP contribution is -2.47. The van der Waals surface area contributed by atoms with Gasteiger partial charge in [0.15, 0.2) is 0 Å². The average molecular weight is 453 g/mol. The molecule has 4 rings (SSSR count). The number of benzene rings is 3. The molecule has 0 bridgehead atoms. The van der Waals surface area contributed by atoms with Gasteiger partial charge in [0.25, 0.3) is 11.8 Å². The molecule has 0 spiro atoms. The van der Waals surface area contributed by atoms with Crippen LogP contribution in [-0.2, 0) is 16.0 Å². The minimum atomic E-state index is -1.10. The highest BCUT2D eigenvalue weighted by atomic mass is 16.2. The number of carbonyl (C=O) groups excluding carboxylic acids is 3. The van der Waals surface area contributed by atoms with Crippen LogP contribution in [0.5, 0.6) is 0 Å². The van der Waals surface area contributed by atoms with Crippen molar-refractivity contribution in [1.29, 1.82) is 0 Å². The highest BCUT2D eigenvalue weighted by Gasteiger charge is 2.27. The Morgan fingerprint density at radius 3 is 2.21 bits per heavy atom. The van der Waals surface area contributed by atoms with Gasteiger partial charge in [-0.3, -0.25) is 14.4 Å². The van der Waals surface area contributed by atoms with Crippen LogP contribution in [-0.4, -0.2) is 33.4 Å². The van der Waals surface area contributed by atoms with Crippen LogP contribution in [0.1, 0.15) is 21.7 Å². The van der Waals surface area contributed by atoms with Crippen molar-refractivity contribution in [1.82, 2.24) is 15.1 Å². The summed E-state index contributed by atoms with van der Waals surface area (Å²) in [6.45, 7) is 1.78. The maximum absolute atomic E-state index is 13.3. The van der Waals surface area contributed by atoms with Crippen LogP contribution in [0, 0.1) is 6.92 Å². The molecule has 0 aliphatic rings. The van der Waals surface area contributed by atoms with Crippen LogP contribution in [0.3, 0.4) is 0 Å². The number of rotatable bonds is 8. The molecule has 0 saturated heterocycles. The maximum atomic E-state index is 13.3. The van der Waals surface area contributed by atoms with Crippen LogP contribution in [0.15, 0.2) is 91.0 Å². The summed E-state index contributed by atoms with van der Waals surface area (Å²) in [6, 6.07) is 27.2. The Labute approximate surface area is 197 Å². The number of nitrogens with zero attached hydrogens (tertiary/aromatic N) is 2. The van der Waals surface area contributed by atoms with E-state index in [1.807, 2.05) is 84.9 Å². The summed E-state index contributed by atoms with van der Waals surface area (Å²) < 4.78 is 1.53. The van der Waals surface area contributed by atoms with Crippen molar-refractivity contribution < 1.29 is 14.4 Å². The Kier molecular flexibility index (Phi) is 6.64. The second-order valence-electron chi connectivity index (χ2n) is 7.94. The molecule has 1 atom stereocenters. The normalized spacial score (nSPS) is 11.6. The fourth-order valence-electron chi connectivity index (χ4n) is 3.77. The average Bonchev–Trinajstić information content (AvgIpc) is 3.26. The summed E-state index contributed by atoms with van der Waals surface area (Å²) in [5, 5.41) is 7.17. The zero-order chi connectivity index (χ0) is 24.1. The Hall–Kier alpha value is -4.52. The lowest BCUT2D eigenvalue weighted by Gasteiger charge is -2.17. The van der Waals surface area contributed by atoms with Crippen LogP contribution in [0.4, 0.5) is 0 Å². The van der Waals surface area contributed by atoms with Crippen LogP contribution in [0.25, 0.3) is 16.8 Å². The van der Waals surface area contributed by atoms with E-state index in [-0.39, 0.29) is 12.1 Å². The van der Waals surface area contributed by atoms with E-state index in [9.17, 15) is 14.4 Å². The highest BCUT2D eigenvalue weighted by molar-refractivity contribution is 6.38. The number of carbonyl (C=O) groups is 3. The smallest absolute Gasteiger partial charge is 0.287 e. The van der Waals surface area contributed by atoms with Gasteiger partial charge in [-0.25, -0.2) is 4.68 Å². The third kappa shape index (κ3) is 5.10. The number of nitrogens with one attached hydrogen (secondary N) is 1. The summed E-state index contributed by atoms with van der Waals surface area (Å²) in [4.78, 5) is 37.3. The molecular formula is C27H24N4O3. The van der Waals surface area contributed by atoms with Gasteiger partial charge in [-0.2, -0.15) is 5.10 Å². The van der Waals surface area contributed by atoms with Gasteiger partial charge in [0, 0.05) is 6.42 Å². The lowest BCUT2D eigenvalue weighted by molar-refractivity contribution is -0.137. The van der Waals surface area contributed by atoms with E-state index in [1.165, 1.54) is 4.68 Å². The lowest BCUT2D eigenvalue weighted by atomic mass is 10.0. The largest absolute Gasteiger partial charge is 0.363 e. The van der Waals surface area contributed by atoms with E-state index in [2.05, 4.69) is 10.4 Å². The van der Waals surface area contributed by atoms with Gasteiger partial charge in [0.05, 0.1) is 11.4 Å². The van der Waals surface area contributed by atoms with Crippen LogP contribution in [0.2, 0.25) is 0 Å². The first-order chi connectivity index (χ1) is 16.4. The molecule has 34 heavy (non-hydrogen) atoms. The number of Topliss-reactive ketones (excluding diaryl/α,β-unsaturated/α-hetero) is 1. The zero-order valence-corrected chi connectivity index (χ0v) is 18.6. The summed E-state index contributed by atoms with van der Waals surface area (Å²) in [6.07, 6.45) is 0.144. The molecule has 0 saturated carbocycles. The van der Waals surface area contributed by atoms with Crippen LogP contribution >= 0.6 is 0 Å². The van der Waals surface area contributed by atoms with Crippen molar-refractivity contribution in [2.45, 2.75) is 19.4 Å². The summed E-state index contributed by atoms with van der Waals surface area (Å²) in [7, 11) is 0. The van der Waals surface area contributed by atoms with Crippen molar-refractivity contribution in [3.8, 4) is 16.8 Å². The molecule has 0 aliphatic carbocycles. The zero-order valence-electron chi connectivity index (χ0n) is 18.6. The highest BCUT2D eigenvalue weighted by Crippen LogP contribution is 2.23. The monoisotopic (exact) mass is 452 g/mol. The Bertz CT molecular complexity index is 1330. The van der Waals surface area contributed by atoms with Gasteiger partial charge >= 0.3 is 0 Å². The third-order valence-electron chi connectivity index (χ3n) is 5.41. The number of nitrogens with two attached hydrogens (primary N) is 1. The fraction of sp³-hybridized carbons (Fsp3) is 0.111. The quantitative estimate of drug-likeness (QED) is 0.400. The second kappa shape index (κ2) is 9.95. The fourth-order valence-corrected chi connectivity index (χ4v) is 3.77. The first kappa shape index (κ1) is 22.7. The van der Waals surface area contributed by atoms with Gasteiger partial charge in [0.1, 0.15) is 11.7 Å². The molecule has 7 heteroatoms. The maximum Gasteiger partial charge on any atom is 0.287 e. The first-order valence-electron chi connectivity index (χ1n) is 10.8. The molecule has 170 valence electrons. The van der Waals surface area contributed by atoms with E-state index in [1.54, 1.807) is 13.0 Å². The summed E-state index contributed by atoms with van der Waals surface area (Å²) >= 11 is 0. The number of ketones is 1. The number of aryl methyl sites for hydroxylation is 1. The molecule has 0 aliphatic heterocycles. The molecule has 3 aromatic carbocycles. The van der Waals surface area contributed by atoms with Crippen molar-refractivity contribution in [2.75, 3.05) is 0 Å². The van der Waals surface area contributed by atoms with Crippen molar-refractivity contribution in [2.24, 2.45) is 5.73 Å². The molecule has 0 fully saturated rings. The molecule has 7 nitrogen and oxygen atoms in total. The molecule has 1 aromatic heterocycles. The summed E-state index contributed by atoms with van der Waals surface area (Å²) in [5.41, 5.74) is 9.63. The molecule has 2 amide bonds. The molecular weight excluding hydrogens is 428 g/mol. The van der Waals surface area contributed by atoms with Gasteiger partial charge in [-0.1, -0.05) is 72.8 Å². The van der Waals surface area contributed by atoms with Gasteiger partial charge < -0.3 is 11.1 Å². The SMILES string of the molecule is Cc1cc(C(=O)NC(Cc2ccccc2)C(=O)C(N)=O)n(-c2cccc(-c3ccccc3)c2)n1. The molecule has 0 radical (unpaired) electrons. The third-order valence-corrected chi connectivity index (χ3v) is 5.41. The predicted molar refractivity (Wildman–Crippen MR) is 129 cm³/mol. The Balaban J connectivity index is 1.64. The van der Waals surface area contributed by atoms with Crippen molar-refractivity contribution in [3.05, 3.63) is 108 Å². The Morgan fingerprint density at radius 2 is 1.53 bits per heavy atom. The minimum Gasteiger partial charge on any atom is -0.363 e. The van der Waals surface area contributed by atoms with E-state index < -0.39 is 23.6 Å². The van der Waals surface area contributed by atoms with Crippen LogP contribution < -0.4 is 11.1 Å². The van der Waals surface area contributed by atoms with Gasteiger partial charge in [-0.15, -0.1) is 0 Å². The number of primary amides is 1. The van der Waals surface area contributed by atoms with E-state index >= 15 is 0 Å². The Morgan fingerprint density at radius 1 is 0.882 bits per heavy atom. The molecule has 1 unspecified atom stereocenters. The van der Waals surface area contributed by atoms with Crippen molar-refractivity contribution in [3.63, 3.8) is 0 Å². The standard InChI is InChI=1S/C27H24N4O3/c1-18-15-24(27(34)29-23(25(32)26(28)33)16-19-9-4-2-5-10-19)31(30-18)22-14-8-13-21(17-22)20-11-6-3-7-12-20/h2-15,17,23H,16H2,1H3,(H2,28,33)(H,29,34). The number of hydrogen-bond donors (Lipinski definition) is 2. The van der Waals surface area contributed by atoms with Crippen molar-refractivity contribution >= 4 is 17.6 Å². The first-order valence-corrected chi connectivity index (χ1v) is 10.8. The number of aromatic nitrogens is 2. The predicted octanol–water partition coefficient (Wildman–Crippen LogP) is 3.24. The summed E-state index contributed by atoms with van der Waals surface area (Å²) in [5.74, 6) is -2.48.